The van der Waals surface area contributed by atoms with E-state index in [1.54, 1.807) is 12.3 Å². The lowest BCUT2D eigenvalue weighted by Crippen LogP contribution is -2.05. The molecule has 1 heterocycles. The van der Waals surface area contributed by atoms with Crippen molar-refractivity contribution < 1.29 is 14.2 Å². The van der Waals surface area contributed by atoms with Crippen LogP contribution in [0.15, 0.2) is 36.7 Å². The molecule has 0 bridgehead atoms. The molecule has 0 saturated carbocycles. The lowest BCUT2D eigenvalue weighted by atomic mass is 10.0. The molecule has 0 fully saturated rings. The van der Waals surface area contributed by atoms with Crippen LogP contribution in [0.2, 0.25) is 0 Å². The number of halogens is 1. The first-order valence-electron chi connectivity index (χ1n) is 5.92. The molecule has 19 heavy (non-hydrogen) atoms. The summed E-state index contributed by atoms with van der Waals surface area (Å²) in [5, 5.41) is 10.2. The van der Waals surface area contributed by atoms with E-state index in [0.29, 0.717) is 29.2 Å². The molecule has 2 aromatic rings. The molecule has 0 radical (unpaired) electrons. The van der Waals surface area contributed by atoms with Crippen LogP contribution in [0.3, 0.4) is 0 Å². The second-order valence-corrected chi connectivity index (χ2v) is 4.06. The largest absolute Gasteiger partial charge is 0.492 e. The molecule has 0 saturated heterocycles. The van der Waals surface area contributed by atoms with Crippen LogP contribution in [0.1, 0.15) is 24.2 Å². The van der Waals surface area contributed by atoms with E-state index >= 15 is 0 Å². The lowest BCUT2D eigenvalue weighted by molar-refractivity contribution is 0.219. The lowest BCUT2D eigenvalue weighted by Gasteiger charge is -2.14. The van der Waals surface area contributed by atoms with Gasteiger partial charge in [0.1, 0.15) is 17.7 Å². The van der Waals surface area contributed by atoms with E-state index in [4.69, 9.17) is 10.5 Å². The minimum Gasteiger partial charge on any atom is -0.492 e. The first kappa shape index (κ1) is 13.3. The SMILES string of the molecule is CCOc1cncc(C(O)c2cc(F)ccc2N)c1. The summed E-state index contributed by atoms with van der Waals surface area (Å²) < 4.78 is 18.5. The summed E-state index contributed by atoms with van der Waals surface area (Å²) in [6.45, 7) is 2.36. The molecule has 1 aromatic carbocycles. The van der Waals surface area contributed by atoms with Crippen molar-refractivity contribution in [3.63, 3.8) is 0 Å². The number of nitrogens with zero attached hydrogens (tertiary/aromatic N) is 1. The van der Waals surface area contributed by atoms with Gasteiger partial charge < -0.3 is 15.6 Å². The van der Waals surface area contributed by atoms with Gasteiger partial charge in [0.05, 0.1) is 12.8 Å². The summed E-state index contributed by atoms with van der Waals surface area (Å²) in [6, 6.07) is 5.55. The highest BCUT2D eigenvalue weighted by molar-refractivity contribution is 5.50. The first-order chi connectivity index (χ1) is 9.11. The van der Waals surface area contributed by atoms with Gasteiger partial charge >= 0.3 is 0 Å². The highest BCUT2D eigenvalue weighted by Gasteiger charge is 2.15. The van der Waals surface area contributed by atoms with Crippen molar-refractivity contribution in [3.05, 3.63) is 53.6 Å². The Kier molecular flexibility index (Phi) is 3.97. The van der Waals surface area contributed by atoms with Crippen LogP contribution in [0.25, 0.3) is 0 Å². The van der Waals surface area contributed by atoms with E-state index in [9.17, 15) is 9.50 Å². The second-order valence-electron chi connectivity index (χ2n) is 4.06. The summed E-state index contributed by atoms with van der Waals surface area (Å²) >= 11 is 0. The number of aliphatic hydroxyl groups is 1. The minimum atomic E-state index is -1.04. The summed E-state index contributed by atoms with van der Waals surface area (Å²) in [5.74, 6) is 0.103. The third-order valence-corrected chi connectivity index (χ3v) is 2.70. The van der Waals surface area contributed by atoms with Crippen molar-refractivity contribution in [1.82, 2.24) is 4.98 Å². The van der Waals surface area contributed by atoms with Gasteiger partial charge in [-0.25, -0.2) is 4.39 Å². The number of hydrogen-bond donors (Lipinski definition) is 2. The molecule has 0 aliphatic heterocycles. The average molecular weight is 262 g/mol. The number of rotatable bonds is 4. The molecule has 0 amide bonds. The van der Waals surface area contributed by atoms with Gasteiger partial charge in [-0.05, 0) is 31.2 Å². The Morgan fingerprint density at radius 1 is 1.37 bits per heavy atom. The first-order valence-corrected chi connectivity index (χ1v) is 5.92. The molecule has 3 N–H and O–H groups in total. The molecular weight excluding hydrogens is 247 g/mol. The van der Waals surface area contributed by atoms with Crippen LogP contribution in [0.5, 0.6) is 5.75 Å². The second kappa shape index (κ2) is 5.67. The number of hydrogen-bond acceptors (Lipinski definition) is 4. The van der Waals surface area contributed by atoms with Gasteiger partial charge in [-0.15, -0.1) is 0 Å². The highest BCUT2D eigenvalue weighted by atomic mass is 19.1. The standard InChI is InChI=1S/C14H15FN2O2/c1-2-19-11-5-9(7-17-8-11)14(18)12-6-10(15)3-4-13(12)16/h3-8,14,18H,2,16H2,1H3. The van der Waals surface area contributed by atoms with Crippen LogP contribution in [-0.2, 0) is 0 Å². The molecular formula is C14H15FN2O2. The van der Waals surface area contributed by atoms with E-state index in [0.717, 1.165) is 0 Å². The quantitative estimate of drug-likeness (QED) is 0.829. The van der Waals surface area contributed by atoms with Crippen molar-refractivity contribution in [2.75, 3.05) is 12.3 Å². The smallest absolute Gasteiger partial charge is 0.137 e. The number of nitrogens with two attached hydrogens (primary N) is 1. The Labute approximate surface area is 110 Å². The minimum absolute atomic E-state index is 0.315. The fourth-order valence-corrected chi connectivity index (χ4v) is 1.79. The molecule has 100 valence electrons. The van der Waals surface area contributed by atoms with Gasteiger partial charge in [-0.2, -0.15) is 0 Å². The summed E-state index contributed by atoms with van der Waals surface area (Å²) in [5.41, 5.74) is 6.89. The maximum Gasteiger partial charge on any atom is 0.137 e. The van der Waals surface area contributed by atoms with Crippen molar-refractivity contribution in [2.45, 2.75) is 13.0 Å². The maximum atomic E-state index is 13.2. The Balaban J connectivity index is 2.35. The van der Waals surface area contributed by atoms with E-state index in [2.05, 4.69) is 4.98 Å². The summed E-state index contributed by atoms with van der Waals surface area (Å²) in [6.07, 6.45) is 2.01. The van der Waals surface area contributed by atoms with E-state index in [1.165, 1.54) is 24.4 Å². The summed E-state index contributed by atoms with van der Waals surface area (Å²) in [7, 11) is 0. The highest BCUT2D eigenvalue weighted by Crippen LogP contribution is 2.28. The molecule has 1 atom stereocenters. The number of ether oxygens (including phenoxy) is 1. The molecule has 4 nitrogen and oxygen atoms in total. The zero-order valence-corrected chi connectivity index (χ0v) is 10.5. The van der Waals surface area contributed by atoms with Gasteiger partial charge in [-0.3, -0.25) is 4.98 Å². The van der Waals surface area contributed by atoms with Gasteiger partial charge in [0, 0.05) is 23.0 Å². The predicted molar refractivity (Wildman–Crippen MR) is 70.3 cm³/mol. The molecule has 0 aliphatic rings. The van der Waals surface area contributed by atoms with Crippen molar-refractivity contribution >= 4 is 5.69 Å². The van der Waals surface area contributed by atoms with Crippen LogP contribution in [0, 0.1) is 5.82 Å². The molecule has 1 aromatic heterocycles. The molecule has 0 spiro atoms. The van der Waals surface area contributed by atoms with E-state index in [-0.39, 0.29) is 0 Å². The third kappa shape index (κ3) is 3.00. The third-order valence-electron chi connectivity index (χ3n) is 2.70. The summed E-state index contributed by atoms with van der Waals surface area (Å²) in [4.78, 5) is 3.98. The Bertz CT molecular complexity index is 575. The zero-order valence-electron chi connectivity index (χ0n) is 10.5. The monoisotopic (exact) mass is 262 g/mol. The number of anilines is 1. The number of benzene rings is 1. The van der Waals surface area contributed by atoms with Gasteiger partial charge in [0.2, 0.25) is 0 Å². The van der Waals surface area contributed by atoms with Crippen LogP contribution < -0.4 is 10.5 Å². The van der Waals surface area contributed by atoms with E-state index in [1.807, 2.05) is 6.92 Å². The Morgan fingerprint density at radius 2 is 2.16 bits per heavy atom. The van der Waals surface area contributed by atoms with Gasteiger partial charge in [0.15, 0.2) is 0 Å². The predicted octanol–water partition coefficient (Wildman–Crippen LogP) is 2.28. The van der Waals surface area contributed by atoms with Crippen LogP contribution in [0.4, 0.5) is 10.1 Å². The van der Waals surface area contributed by atoms with E-state index < -0.39 is 11.9 Å². The number of aromatic nitrogens is 1. The number of nitrogen functional groups attached to an aromatic ring is 1. The van der Waals surface area contributed by atoms with Crippen molar-refractivity contribution in [3.8, 4) is 5.75 Å². The van der Waals surface area contributed by atoms with Gasteiger partial charge in [0.25, 0.3) is 0 Å². The number of aliphatic hydroxyl groups excluding tert-OH is 1. The molecule has 0 aliphatic carbocycles. The van der Waals surface area contributed by atoms with Crippen molar-refractivity contribution in [2.24, 2.45) is 0 Å². The molecule has 2 rings (SSSR count). The fraction of sp³-hybridized carbons (Fsp3) is 0.214. The van der Waals surface area contributed by atoms with Crippen LogP contribution >= 0.6 is 0 Å². The average Bonchev–Trinajstić information content (AvgIpc) is 2.41. The maximum absolute atomic E-state index is 13.2. The normalized spacial score (nSPS) is 12.2. The molecule has 5 heteroatoms. The van der Waals surface area contributed by atoms with Crippen LogP contribution in [-0.4, -0.2) is 16.7 Å². The number of pyridine rings is 1. The Morgan fingerprint density at radius 3 is 2.89 bits per heavy atom. The van der Waals surface area contributed by atoms with Crippen molar-refractivity contribution in [1.29, 1.82) is 0 Å². The van der Waals surface area contributed by atoms with Gasteiger partial charge in [-0.1, -0.05) is 0 Å². The topological polar surface area (TPSA) is 68.4 Å². The molecule has 1 unspecified atom stereocenters. The zero-order chi connectivity index (χ0) is 13.8. The fourth-order valence-electron chi connectivity index (χ4n) is 1.79. The Hall–Kier alpha value is -2.14.